The number of hydrazine groups is 1. The van der Waals surface area contributed by atoms with Crippen LogP contribution in [0.15, 0.2) is 47.4 Å². The maximum absolute atomic E-state index is 13.5. The van der Waals surface area contributed by atoms with Crippen LogP contribution in [0.3, 0.4) is 0 Å². The second kappa shape index (κ2) is 8.55. The molecule has 0 spiro atoms. The van der Waals surface area contributed by atoms with Crippen molar-refractivity contribution in [1.29, 1.82) is 0 Å². The van der Waals surface area contributed by atoms with Gasteiger partial charge in [0.05, 0.1) is 5.56 Å². The molecule has 7 nitrogen and oxygen atoms in total. The number of nitrogens with one attached hydrogen (secondary N) is 2. The minimum Gasteiger partial charge on any atom is -0.478 e. The number of rotatable bonds is 5. The molecule has 1 aromatic carbocycles. The van der Waals surface area contributed by atoms with Crippen LogP contribution in [0.2, 0.25) is 0 Å². The van der Waals surface area contributed by atoms with Crippen molar-refractivity contribution >= 4 is 11.8 Å². The molecule has 1 aromatic heterocycles. The number of nitrogens with zero attached hydrogens (tertiary/aromatic N) is 1. The van der Waals surface area contributed by atoms with Crippen molar-refractivity contribution in [3.63, 3.8) is 0 Å². The maximum Gasteiger partial charge on any atom is 0.417 e. The predicted molar refractivity (Wildman–Crippen MR) is 88.5 cm³/mol. The minimum absolute atomic E-state index is 0.174. The number of carbonyl (C=O) groups excluding carboxylic acids is 2. The third-order valence-corrected chi connectivity index (χ3v) is 3.46. The van der Waals surface area contributed by atoms with E-state index in [0.717, 1.165) is 6.07 Å². The zero-order chi connectivity index (χ0) is 20.9. The Labute approximate surface area is 155 Å². The zero-order valence-electron chi connectivity index (χ0n) is 14.4. The maximum atomic E-state index is 13.5. The van der Waals surface area contributed by atoms with E-state index in [9.17, 15) is 31.9 Å². The van der Waals surface area contributed by atoms with Crippen LogP contribution in [0.1, 0.15) is 12.5 Å². The van der Waals surface area contributed by atoms with E-state index in [1.54, 1.807) is 0 Å². The zero-order valence-corrected chi connectivity index (χ0v) is 14.4. The summed E-state index contributed by atoms with van der Waals surface area (Å²) in [5, 5.41) is 0. The highest BCUT2D eigenvalue weighted by molar-refractivity contribution is 5.84. The van der Waals surface area contributed by atoms with Crippen molar-refractivity contribution in [2.75, 3.05) is 0 Å². The Bertz CT molecular complexity index is 927. The van der Waals surface area contributed by atoms with Gasteiger partial charge in [-0.25, -0.2) is 4.39 Å². The fraction of sp³-hybridized carbons (Fsp3) is 0.235. The van der Waals surface area contributed by atoms with E-state index in [1.165, 1.54) is 25.1 Å². The smallest absolute Gasteiger partial charge is 0.417 e. The van der Waals surface area contributed by atoms with Gasteiger partial charge in [0.2, 0.25) is 0 Å². The molecular formula is C17H15F4N3O4. The first-order valence-corrected chi connectivity index (χ1v) is 7.85. The summed E-state index contributed by atoms with van der Waals surface area (Å²) in [5.41, 5.74) is 2.00. The third kappa shape index (κ3) is 5.56. The highest BCUT2D eigenvalue weighted by Gasteiger charge is 2.31. The normalized spacial score (nSPS) is 12.2. The molecule has 2 rings (SSSR count). The molecule has 1 heterocycles. The van der Waals surface area contributed by atoms with Crippen molar-refractivity contribution in [1.82, 2.24) is 15.4 Å². The molecule has 0 aliphatic carbocycles. The van der Waals surface area contributed by atoms with Crippen molar-refractivity contribution in [2.24, 2.45) is 0 Å². The second-order valence-corrected chi connectivity index (χ2v) is 5.61. The molecule has 2 aromatic rings. The summed E-state index contributed by atoms with van der Waals surface area (Å²) in [5.74, 6) is -2.65. The Morgan fingerprint density at radius 1 is 1.14 bits per heavy atom. The molecular weight excluding hydrogens is 386 g/mol. The van der Waals surface area contributed by atoms with Crippen LogP contribution in [-0.2, 0) is 22.3 Å². The molecule has 0 fully saturated rings. The van der Waals surface area contributed by atoms with E-state index in [-0.39, 0.29) is 5.75 Å². The fourth-order valence-corrected chi connectivity index (χ4v) is 2.03. The van der Waals surface area contributed by atoms with Crippen molar-refractivity contribution in [2.45, 2.75) is 25.7 Å². The number of para-hydroxylation sites is 1. The van der Waals surface area contributed by atoms with Crippen LogP contribution >= 0.6 is 0 Å². The van der Waals surface area contributed by atoms with E-state index < -0.39 is 47.6 Å². The topological polar surface area (TPSA) is 89.4 Å². The van der Waals surface area contributed by atoms with Crippen LogP contribution in [0.4, 0.5) is 17.6 Å². The molecule has 0 saturated carbocycles. The number of halogens is 4. The highest BCUT2D eigenvalue weighted by atomic mass is 19.4. The first-order chi connectivity index (χ1) is 13.1. The van der Waals surface area contributed by atoms with E-state index in [1.807, 2.05) is 10.9 Å². The first-order valence-electron chi connectivity index (χ1n) is 7.85. The molecule has 0 saturated heterocycles. The predicted octanol–water partition coefficient (Wildman–Crippen LogP) is 1.62. The van der Waals surface area contributed by atoms with Gasteiger partial charge in [-0.05, 0) is 25.1 Å². The van der Waals surface area contributed by atoms with Gasteiger partial charge in [-0.15, -0.1) is 0 Å². The van der Waals surface area contributed by atoms with Crippen LogP contribution in [0.5, 0.6) is 5.75 Å². The van der Waals surface area contributed by atoms with Gasteiger partial charge in [0.25, 0.3) is 17.4 Å². The molecule has 0 aliphatic heterocycles. The quantitative estimate of drug-likeness (QED) is 0.589. The summed E-state index contributed by atoms with van der Waals surface area (Å²) in [7, 11) is 0. The number of carbonyl (C=O) groups is 2. The van der Waals surface area contributed by atoms with Crippen LogP contribution in [0.25, 0.3) is 0 Å². The second-order valence-electron chi connectivity index (χ2n) is 5.61. The van der Waals surface area contributed by atoms with Gasteiger partial charge < -0.3 is 9.30 Å². The summed E-state index contributed by atoms with van der Waals surface area (Å²) in [6, 6.07) is 6.64. The van der Waals surface area contributed by atoms with Crippen molar-refractivity contribution in [3.8, 4) is 5.75 Å². The lowest BCUT2D eigenvalue weighted by Crippen LogP contribution is -2.48. The van der Waals surface area contributed by atoms with E-state index >= 15 is 0 Å². The van der Waals surface area contributed by atoms with Gasteiger partial charge in [-0.1, -0.05) is 12.1 Å². The van der Waals surface area contributed by atoms with Crippen LogP contribution in [0, 0.1) is 5.82 Å². The van der Waals surface area contributed by atoms with Gasteiger partial charge in [0.1, 0.15) is 6.54 Å². The third-order valence-electron chi connectivity index (χ3n) is 3.46. The van der Waals surface area contributed by atoms with Gasteiger partial charge in [-0.3, -0.25) is 25.2 Å². The van der Waals surface area contributed by atoms with Crippen LogP contribution < -0.4 is 21.1 Å². The Morgan fingerprint density at radius 2 is 1.82 bits per heavy atom. The van der Waals surface area contributed by atoms with Crippen molar-refractivity contribution in [3.05, 3.63) is 64.3 Å². The number of benzene rings is 1. The summed E-state index contributed by atoms with van der Waals surface area (Å²) in [6.07, 6.45) is -5.37. The lowest BCUT2D eigenvalue weighted by atomic mass is 10.3. The summed E-state index contributed by atoms with van der Waals surface area (Å²) < 4.78 is 57.2. The highest BCUT2D eigenvalue weighted by Crippen LogP contribution is 2.27. The van der Waals surface area contributed by atoms with Gasteiger partial charge in [0, 0.05) is 12.3 Å². The average Bonchev–Trinajstić information content (AvgIpc) is 2.62. The molecule has 0 bridgehead atoms. The molecule has 28 heavy (non-hydrogen) atoms. The number of pyridine rings is 1. The summed E-state index contributed by atoms with van der Waals surface area (Å²) >= 11 is 0. The Balaban J connectivity index is 1.92. The largest absolute Gasteiger partial charge is 0.478 e. The Morgan fingerprint density at radius 3 is 2.46 bits per heavy atom. The molecule has 1 atom stereocenters. The number of amides is 2. The lowest BCUT2D eigenvalue weighted by molar-refractivity contribution is -0.138. The van der Waals surface area contributed by atoms with Gasteiger partial charge in [0.15, 0.2) is 17.7 Å². The summed E-state index contributed by atoms with van der Waals surface area (Å²) in [4.78, 5) is 35.3. The standard InChI is InChI=1S/C17H15F4N3O4/c1-10(28-13-5-3-2-4-12(13)18)16(27)23-22-14(25)9-24-8-11(17(19,20)21)6-7-15(24)26/h2-8,10H,9H2,1H3,(H,22,25)(H,23,27). The van der Waals surface area contributed by atoms with Crippen molar-refractivity contribution < 1.29 is 31.9 Å². The van der Waals surface area contributed by atoms with E-state index in [2.05, 4.69) is 0 Å². The van der Waals surface area contributed by atoms with E-state index in [0.29, 0.717) is 22.9 Å². The Hall–Kier alpha value is -3.37. The number of ether oxygens (including phenoxy) is 1. The number of hydrogen-bond donors (Lipinski definition) is 2. The molecule has 2 N–H and O–H groups in total. The monoisotopic (exact) mass is 401 g/mol. The summed E-state index contributed by atoms with van der Waals surface area (Å²) in [6.45, 7) is 0.539. The molecule has 150 valence electrons. The molecule has 0 radical (unpaired) electrons. The molecule has 1 unspecified atom stereocenters. The first kappa shape index (κ1) is 20.9. The molecule has 2 amide bonds. The minimum atomic E-state index is -4.68. The molecule has 11 heteroatoms. The number of alkyl halides is 3. The van der Waals surface area contributed by atoms with E-state index in [4.69, 9.17) is 4.74 Å². The van der Waals surface area contributed by atoms with Crippen LogP contribution in [-0.4, -0.2) is 22.5 Å². The fourth-order valence-electron chi connectivity index (χ4n) is 2.03. The average molecular weight is 401 g/mol. The van der Waals surface area contributed by atoms with Gasteiger partial charge in [-0.2, -0.15) is 13.2 Å². The number of hydrogen-bond acceptors (Lipinski definition) is 4. The SMILES string of the molecule is CC(Oc1ccccc1F)C(=O)NNC(=O)Cn1cc(C(F)(F)F)ccc1=O. The van der Waals surface area contributed by atoms with Gasteiger partial charge >= 0.3 is 6.18 Å². The Kier molecular flexibility index (Phi) is 6.39. The number of aromatic nitrogens is 1. The lowest BCUT2D eigenvalue weighted by Gasteiger charge is -2.16. The molecule has 0 aliphatic rings.